The molecule has 0 atom stereocenters. The summed E-state index contributed by atoms with van der Waals surface area (Å²) in [6, 6.07) is 1.77. The molecule has 0 unspecified atom stereocenters. The molecule has 0 saturated heterocycles. The van der Waals surface area contributed by atoms with Crippen molar-refractivity contribution in [1.82, 2.24) is 20.1 Å². The van der Waals surface area contributed by atoms with E-state index in [1.165, 1.54) is 0 Å². The van der Waals surface area contributed by atoms with Crippen molar-refractivity contribution < 1.29 is 9.53 Å². The maximum Gasteiger partial charge on any atom is 0.407 e. The van der Waals surface area contributed by atoms with Crippen molar-refractivity contribution in [3.05, 3.63) is 36.4 Å². The van der Waals surface area contributed by atoms with Crippen LogP contribution in [0.5, 0.6) is 0 Å². The molecule has 0 aliphatic heterocycles. The fraction of sp³-hybridized carbons (Fsp3) is 0.357. The molecule has 2 aromatic heterocycles. The Morgan fingerprint density at radius 1 is 1.43 bits per heavy atom. The third-order valence-electron chi connectivity index (χ3n) is 2.55. The lowest BCUT2D eigenvalue weighted by Gasteiger charge is -2.19. The van der Waals surface area contributed by atoms with Crippen molar-refractivity contribution in [1.29, 1.82) is 0 Å². The Morgan fingerprint density at radius 3 is 2.86 bits per heavy atom. The number of amides is 1. The fourth-order valence-electron chi connectivity index (χ4n) is 1.68. The minimum Gasteiger partial charge on any atom is -0.444 e. The fourth-order valence-corrected chi connectivity index (χ4v) is 1.68. The standard InChI is InChI=1S/C14H19N5O2/c1-14(2,3)21-13(20)17-6-10-7-18-19(9-10)12-4-5-16-8-11(12)15/h4-5,7-9H,6,15H2,1-3H3,(H,17,20). The number of anilines is 1. The molecule has 0 bridgehead atoms. The Morgan fingerprint density at radius 2 is 2.19 bits per heavy atom. The average molecular weight is 289 g/mol. The molecule has 0 saturated carbocycles. The maximum absolute atomic E-state index is 11.6. The molecule has 0 aliphatic rings. The molecule has 21 heavy (non-hydrogen) atoms. The Labute approximate surface area is 123 Å². The van der Waals surface area contributed by atoms with Crippen LogP contribution in [0.3, 0.4) is 0 Å². The molecule has 112 valence electrons. The van der Waals surface area contributed by atoms with Crippen LogP contribution >= 0.6 is 0 Å². The van der Waals surface area contributed by atoms with Gasteiger partial charge in [0.25, 0.3) is 0 Å². The number of nitrogen functional groups attached to an aromatic ring is 1. The van der Waals surface area contributed by atoms with Crippen molar-refractivity contribution in [2.75, 3.05) is 5.73 Å². The minimum atomic E-state index is -0.514. The predicted octanol–water partition coefficient (Wildman–Crippen LogP) is 1.87. The van der Waals surface area contributed by atoms with Gasteiger partial charge in [-0.25, -0.2) is 9.48 Å². The molecule has 7 nitrogen and oxygen atoms in total. The topological polar surface area (TPSA) is 95.1 Å². The van der Waals surface area contributed by atoms with E-state index in [4.69, 9.17) is 10.5 Å². The summed E-state index contributed by atoms with van der Waals surface area (Å²) in [5.41, 5.74) is 7.45. The third-order valence-corrected chi connectivity index (χ3v) is 2.55. The summed E-state index contributed by atoms with van der Waals surface area (Å²) in [6.45, 7) is 5.78. The van der Waals surface area contributed by atoms with Crippen LogP contribution in [-0.2, 0) is 11.3 Å². The van der Waals surface area contributed by atoms with Gasteiger partial charge in [-0.05, 0) is 26.8 Å². The van der Waals surface area contributed by atoms with Crippen molar-refractivity contribution in [2.45, 2.75) is 32.9 Å². The number of rotatable bonds is 3. The summed E-state index contributed by atoms with van der Waals surface area (Å²) >= 11 is 0. The second-order valence-corrected chi connectivity index (χ2v) is 5.58. The average Bonchev–Trinajstić information content (AvgIpc) is 2.83. The van der Waals surface area contributed by atoms with Gasteiger partial charge in [-0.3, -0.25) is 4.98 Å². The summed E-state index contributed by atoms with van der Waals surface area (Å²) in [5, 5.41) is 6.89. The molecule has 1 amide bonds. The van der Waals surface area contributed by atoms with Crippen LogP contribution in [0.4, 0.5) is 10.5 Å². The number of nitrogens with zero attached hydrogens (tertiary/aromatic N) is 3. The monoisotopic (exact) mass is 289 g/mol. The number of ether oxygens (including phenoxy) is 1. The summed E-state index contributed by atoms with van der Waals surface area (Å²) in [7, 11) is 0. The van der Waals surface area contributed by atoms with Gasteiger partial charge in [-0.15, -0.1) is 0 Å². The molecule has 2 rings (SSSR count). The second kappa shape index (κ2) is 5.82. The van der Waals surface area contributed by atoms with Crippen LogP contribution in [0.1, 0.15) is 26.3 Å². The van der Waals surface area contributed by atoms with Gasteiger partial charge >= 0.3 is 6.09 Å². The Kier molecular flexibility index (Phi) is 4.11. The van der Waals surface area contributed by atoms with E-state index >= 15 is 0 Å². The maximum atomic E-state index is 11.6. The van der Waals surface area contributed by atoms with Crippen LogP contribution in [0.25, 0.3) is 5.69 Å². The number of alkyl carbamates (subject to hydrolysis) is 1. The predicted molar refractivity (Wildman–Crippen MR) is 78.8 cm³/mol. The number of hydrogen-bond acceptors (Lipinski definition) is 5. The quantitative estimate of drug-likeness (QED) is 0.899. The van der Waals surface area contributed by atoms with Crippen molar-refractivity contribution in [3.63, 3.8) is 0 Å². The summed E-state index contributed by atoms with van der Waals surface area (Å²) in [6.07, 6.45) is 6.21. The first kappa shape index (κ1) is 14.8. The highest BCUT2D eigenvalue weighted by molar-refractivity contribution is 5.67. The number of aromatic nitrogens is 3. The number of carbonyl (C=O) groups is 1. The lowest BCUT2D eigenvalue weighted by Crippen LogP contribution is -2.32. The highest BCUT2D eigenvalue weighted by Gasteiger charge is 2.15. The molecule has 0 aromatic carbocycles. The molecule has 0 aliphatic carbocycles. The summed E-state index contributed by atoms with van der Waals surface area (Å²) < 4.78 is 6.81. The molecule has 2 aromatic rings. The molecule has 3 N–H and O–H groups in total. The first-order chi connectivity index (χ1) is 9.85. The molecular formula is C14H19N5O2. The van der Waals surface area contributed by atoms with E-state index in [1.54, 1.807) is 35.5 Å². The van der Waals surface area contributed by atoms with Gasteiger partial charge in [-0.1, -0.05) is 0 Å². The van der Waals surface area contributed by atoms with Crippen LogP contribution in [-0.4, -0.2) is 26.5 Å². The first-order valence-electron chi connectivity index (χ1n) is 6.55. The van der Waals surface area contributed by atoms with Crippen LogP contribution in [0.15, 0.2) is 30.9 Å². The smallest absolute Gasteiger partial charge is 0.407 e. The van der Waals surface area contributed by atoms with Gasteiger partial charge in [0.05, 0.1) is 23.8 Å². The molecular weight excluding hydrogens is 270 g/mol. The summed E-state index contributed by atoms with van der Waals surface area (Å²) in [5.74, 6) is 0. The lowest BCUT2D eigenvalue weighted by atomic mass is 10.2. The van der Waals surface area contributed by atoms with Crippen LogP contribution in [0, 0.1) is 0 Å². The van der Waals surface area contributed by atoms with E-state index in [0.29, 0.717) is 12.2 Å². The van der Waals surface area contributed by atoms with Crippen molar-refractivity contribution in [2.24, 2.45) is 0 Å². The van der Waals surface area contributed by atoms with E-state index in [-0.39, 0.29) is 0 Å². The van der Waals surface area contributed by atoms with E-state index in [0.717, 1.165) is 11.3 Å². The highest BCUT2D eigenvalue weighted by Crippen LogP contribution is 2.14. The van der Waals surface area contributed by atoms with E-state index in [2.05, 4.69) is 15.4 Å². The zero-order valence-electron chi connectivity index (χ0n) is 12.3. The van der Waals surface area contributed by atoms with Gasteiger partial charge in [0.15, 0.2) is 0 Å². The Bertz CT molecular complexity index is 630. The van der Waals surface area contributed by atoms with Gasteiger partial charge < -0.3 is 15.8 Å². The van der Waals surface area contributed by atoms with E-state index in [9.17, 15) is 4.79 Å². The minimum absolute atomic E-state index is 0.333. The molecule has 7 heteroatoms. The summed E-state index contributed by atoms with van der Waals surface area (Å²) in [4.78, 5) is 15.5. The van der Waals surface area contributed by atoms with Crippen molar-refractivity contribution in [3.8, 4) is 5.69 Å². The number of pyridine rings is 1. The second-order valence-electron chi connectivity index (χ2n) is 5.58. The van der Waals surface area contributed by atoms with Crippen LogP contribution < -0.4 is 11.1 Å². The molecule has 0 radical (unpaired) electrons. The van der Waals surface area contributed by atoms with Crippen molar-refractivity contribution >= 4 is 11.8 Å². The highest BCUT2D eigenvalue weighted by atomic mass is 16.6. The first-order valence-corrected chi connectivity index (χ1v) is 6.55. The normalized spacial score (nSPS) is 11.2. The zero-order valence-corrected chi connectivity index (χ0v) is 12.3. The molecule has 0 fully saturated rings. The number of nitrogens with one attached hydrogen (secondary N) is 1. The lowest BCUT2D eigenvalue weighted by molar-refractivity contribution is 0.0523. The zero-order chi connectivity index (χ0) is 15.5. The molecule has 0 spiro atoms. The van der Waals surface area contributed by atoms with Gasteiger partial charge in [0, 0.05) is 24.5 Å². The third kappa shape index (κ3) is 4.20. The Balaban J connectivity index is 1.98. The number of carbonyl (C=O) groups excluding carboxylic acids is 1. The largest absolute Gasteiger partial charge is 0.444 e. The SMILES string of the molecule is CC(C)(C)OC(=O)NCc1cnn(-c2ccncc2N)c1. The van der Waals surface area contributed by atoms with E-state index in [1.807, 2.05) is 20.8 Å². The number of hydrogen-bond donors (Lipinski definition) is 2. The van der Waals surface area contributed by atoms with E-state index < -0.39 is 11.7 Å². The van der Waals surface area contributed by atoms with Gasteiger partial charge in [-0.2, -0.15) is 5.10 Å². The molecule has 2 heterocycles. The van der Waals surface area contributed by atoms with Gasteiger partial charge in [0.1, 0.15) is 5.60 Å². The number of nitrogens with two attached hydrogens (primary N) is 1. The van der Waals surface area contributed by atoms with Gasteiger partial charge in [0.2, 0.25) is 0 Å². The van der Waals surface area contributed by atoms with Crippen LogP contribution in [0.2, 0.25) is 0 Å². The Hall–Kier alpha value is -2.57.